The molecule has 3 heterocycles. The molecule has 1 fully saturated rings. The smallest absolute Gasteiger partial charge is 0.111 e. The van der Waals surface area contributed by atoms with Crippen LogP contribution in [-0.2, 0) is 6.42 Å². The lowest BCUT2D eigenvalue weighted by molar-refractivity contribution is 0.149. The number of hydrogen-bond donors (Lipinski definition) is 1. The molecule has 0 aliphatic carbocycles. The second kappa shape index (κ2) is 6.61. The summed E-state index contributed by atoms with van der Waals surface area (Å²) in [4.78, 5) is 7.16. The number of nitrogens with zero attached hydrogens (tertiary/aromatic N) is 3. The van der Waals surface area contributed by atoms with Crippen LogP contribution in [0.4, 0.5) is 0 Å². The fourth-order valence-electron chi connectivity index (χ4n) is 3.36. The SMILES string of the molecule is Cc1cc(-c2ncccc2CC2CCN(C(C)C)CC2)n[nH]1. The van der Waals surface area contributed by atoms with E-state index in [-0.39, 0.29) is 0 Å². The summed E-state index contributed by atoms with van der Waals surface area (Å²) in [6, 6.07) is 7.00. The molecule has 0 radical (unpaired) electrons. The first kappa shape index (κ1) is 15.2. The van der Waals surface area contributed by atoms with Crippen LogP contribution in [0.25, 0.3) is 11.4 Å². The van der Waals surface area contributed by atoms with E-state index in [9.17, 15) is 0 Å². The topological polar surface area (TPSA) is 44.8 Å². The van der Waals surface area contributed by atoms with Crippen LogP contribution in [0.3, 0.4) is 0 Å². The first-order valence-electron chi connectivity index (χ1n) is 8.34. The van der Waals surface area contributed by atoms with E-state index in [1.807, 2.05) is 19.2 Å². The zero-order valence-corrected chi connectivity index (χ0v) is 13.8. The van der Waals surface area contributed by atoms with Gasteiger partial charge in [0.25, 0.3) is 0 Å². The number of H-pyrrole nitrogens is 1. The summed E-state index contributed by atoms with van der Waals surface area (Å²) >= 11 is 0. The highest BCUT2D eigenvalue weighted by atomic mass is 15.1. The van der Waals surface area contributed by atoms with Crippen molar-refractivity contribution < 1.29 is 0 Å². The van der Waals surface area contributed by atoms with Gasteiger partial charge in [-0.1, -0.05) is 6.07 Å². The Labute approximate surface area is 133 Å². The summed E-state index contributed by atoms with van der Waals surface area (Å²) in [6.45, 7) is 9.05. The fraction of sp³-hybridized carbons (Fsp3) is 0.556. The Balaban J connectivity index is 1.71. The average Bonchev–Trinajstić information content (AvgIpc) is 2.95. The lowest BCUT2D eigenvalue weighted by Gasteiger charge is -2.34. The van der Waals surface area contributed by atoms with Crippen molar-refractivity contribution in [3.63, 3.8) is 0 Å². The van der Waals surface area contributed by atoms with Crippen LogP contribution in [-0.4, -0.2) is 39.2 Å². The van der Waals surface area contributed by atoms with Crippen molar-refractivity contribution in [2.75, 3.05) is 13.1 Å². The van der Waals surface area contributed by atoms with Gasteiger partial charge in [-0.3, -0.25) is 10.1 Å². The lowest BCUT2D eigenvalue weighted by Crippen LogP contribution is -2.38. The number of nitrogens with one attached hydrogen (secondary N) is 1. The molecule has 3 rings (SSSR count). The Hall–Kier alpha value is -1.68. The highest BCUT2D eigenvalue weighted by Crippen LogP contribution is 2.27. The van der Waals surface area contributed by atoms with E-state index in [4.69, 9.17) is 0 Å². The van der Waals surface area contributed by atoms with E-state index in [1.165, 1.54) is 31.5 Å². The van der Waals surface area contributed by atoms with Gasteiger partial charge in [-0.25, -0.2) is 0 Å². The molecule has 0 spiro atoms. The van der Waals surface area contributed by atoms with Gasteiger partial charge in [0, 0.05) is 17.9 Å². The van der Waals surface area contributed by atoms with Crippen LogP contribution in [0, 0.1) is 12.8 Å². The molecule has 0 bridgehead atoms. The van der Waals surface area contributed by atoms with Gasteiger partial charge in [-0.15, -0.1) is 0 Å². The van der Waals surface area contributed by atoms with Gasteiger partial charge in [0.15, 0.2) is 0 Å². The molecule has 118 valence electrons. The Morgan fingerprint density at radius 3 is 2.73 bits per heavy atom. The third-order valence-electron chi connectivity index (χ3n) is 4.73. The zero-order chi connectivity index (χ0) is 15.5. The summed E-state index contributed by atoms with van der Waals surface area (Å²) < 4.78 is 0. The van der Waals surface area contributed by atoms with E-state index in [2.05, 4.69) is 46.1 Å². The molecule has 0 atom stereocenters. The molecule has 1 aliphatic rings. The van der Waals surface area contributed by atoms with Crippen molar-refractivity contribution in [2.45, 2.75) is 46.1 Å². The quantitative estimate of drug-likeness (QED) is 0.940. The van der Waals surface area contributed by atoms with Crippen molar-refractivity contribution in [2.24, 2.45) is 5.92 Å². The van der Waals surface area contributed by atoms with E-state index < -0.39 is 0 Å². The molecule has 22 heavy (non-hydrogen) atoms. The number of piperidine rings is 1. The Kier molecular flexibility index (Phi) is 4.57. The van der Waals surface area contributed by atoms with Crippen LogP contribution in [0.15, 0.2) is 24.4 Å². The normalized spacial score (nSPS) is 17.3. The maximum atomic E-state index is 4.58. The molecule has 4 nitrogen and oxygen atoms in total. The summed E-state index contributed by atoms with van der Waals surface area (Å²) in [5.41, 5.74) is 4.42. The molecular weight excluding hydrogens is 272 g/mol. The van der Waals surface area contributed by atoms with Gasteiger partial charge in [0.1, 0.15) is 5.69 Å². The van der Waals surface area contributed by atoms with Gasteiger partial charge in [0.05, 0.1) is 5.69 Å². The lowest BCUT2D eigenvalue weighted by atomic mass is 9.89. The monoisotopic (exact) mass is 298 g/mol. The van der Waals surface area contributed by atoms with Gasteiger partial charge >= 0.3 is 0 Å². The molecule has 1 N–H and O–H groups in total. The van der Waals surface area contributed by atoms with Crippen LogP contribution in [0.2, 0.25) is 0 Å². The summed E-state index contributed by atoms with van der Waals surface area (Å²) in [7, 11) is 0. The van der Waals surface area contributed by atoms with E-state index in [0.29, 0.717) is 6.04 Å². The molecule has 0 saturated carbocycles. The third kappa shape index (κ3) is 3.38. The van der Waals surface area contributed by atoms with E-state index in [0.717, 1.165) is 29.4 Å². The molecule has 0 aromatic carbocycles. The predicted octanol–water partition coefficient (Wildman–Crippen LogP) is 3.44. The Morgan fingerprint density at radius 2 is 2.09 bits per heavy atom. The van der Waals surface area contributed by atoms with Crippen molar-refractivity contribution in [1.29, 1.82) is 0 Å². The third-order valence-corrected chi connectivity index (χ3v) is 4.73. The molecule has 2 aromatic rings. The minimum atomic E-state index is 0.668. The molecule has 1 aliphatic heterocycles. The predicted molar refractivity (Wildman–Crippen MR) is 89.7 cm³/mol. The molecule has 4 heteroatoms. The number of rotatable bonds is 4. The summed E-state index contributed by atoms with van der Waals surface area (Å²) in [5.74, 6) is 0.762. The Bertz CT molecular complexity index is 609. The Morgan fingerprint density at radius 1 is 1.32 bits per heavy atom. The fourth-order valence-corrected chi connectivity index (χ4v) is 3.36. The first-order chi connectivity index (χ1) is 10.6. The minimum Gasteiger partial charge on any atom is -0.301 e. The number of hydrogen-bond acceptors (Lipinski definition) is 3. The highest BCUT2D eigenvalue weighted by Gasteiger charge is 2.22. The van der Waals surface area contributed by atoms with Crippen LogP contribution < -0.4 is 0 Å². The molecular formula is C18H26N4. The van der Waals surface area contributed by atoms with Crippen LogP contribution >= 0.6 is 0 Å². The zero-order valence-electron chi connectivity index (χ0n) is 13.8. The molecule has 2 aromatic heterocycles. The van der Waals surface area contributed by atoms with Gasteiger partial charge < -0.3 is 4.90 Å². The number of pyridine rings is 1. The molecule has 0 amide bonds. The summed E-state index contributed by atoms with van der Waals surface area (Å²) in [5, 5.41) is 7.40. The van der Waals surface area contributed by atoms with Crippen molar-refractivity contribution >= 4 is 0 Å². The van der Waals surface area contributed by atoms with Gasteiger partial charge in [0.2, 0.25) is 0 Å². The highest BCUT2D eigenvalue weighted by molar-refractivity contribution is 5.58. The largest absolute Gasteiger partial charge is 0.301 e. The second-order valence-electron chi connectivity index (χ2n) is 6.72. The second-order valence-corrected chi connectivity index (χ2v) is 6.72. The van der Waals surface area contributed by atoms with Crippen molar-refractivity contribution in [3.8, 4) is 11.4 Å². The van der Waals surface area contributed by atoms with Crippen molar-refractivity contribution in [1.82, 2.24) is 20.1 Å². The van der Waals surface area contributed by atoms with Gasteiger partial charge in [-0.05, 0) is 76.7 Å². The summed E-state index contributed by atoms with van der Waals surface area (Å²) in [6.07, 6.45) is 5.55. The van der Waals surface area contributed by atoms with Crippen LogP contribution in [0.5, 0.6) is 0 Å². The molecule has 0 unspecified atom stereocenters. The van der Waals surface area contributed by atoms with Gasteiger partial charge in [-0.2, -0.15) is 5.10 Å². The van der Waals surface area contributed by atoms with E-state index in [1.54, 1.807) is 0 Å². The number of aromatic amines is 1. The van der Waals surface area contributed by atoms with Crippen LogP contribution in [0.1, 0.15) is 37.9 Å². The van der Waals surface area contributed by atoms with Crippen molar-refractivity contribution in [3.05, 3.63) is 35.7 Å². The van der Waals surface area contributed by atoms with E-state index >= 15 is 0 Å². The standard InChI is InChI=1S/C18H26N4/c1-13(2)22-9-6-15(7-10-22)12-16-5-4-8-19-18(16)17-11-14(3)20-21-17/h4-5,8,11,13,15H,6-7,9-10,12H2,1-3H3,(H,20,21). The first-order valence-corrected chi connectivity index (χ1v) is 8.34. The average molecular weight is 298 g/mol. The number of likely N-dealkylation sites (tertiary alicyclic amines) is 1. The maximum Gasteiger partial charge on any atom is 0.111 e. The maximum absolute atomic E-state index is 4.58. The minimum absolute atomic E-state index is 0.668. The number of aryl methyl sites for hydroxylation is 1. The molecule has 1 saturated heterocycles. The number of aromatic nitrogens is 3.